The maximum atomic E-state index is 13.2. The number of hydrogen-bond donors (Lipinski definition) is 1. The van der Waals surface area contributed by atoms with Gasteiger partial charge in [0.1, 0.15) is 11.4 Å². The average Bonchev–Trinajstić information content (AvgIpc) is 2.50. The molecule has 5 nitrogen and oxygen atoms in total. The molecule has 0 bridgehead atoms. The van der Waals surface area contributed by atoms with Gasteiger partial charge in [-0.15, -0.1) is 0 Å². The van der Waals surface area contributed by atoms with Gasteiger partial charge in [0.05, 0.1) is 10.9 Å². The zero-order chi connectivity index (χ0) is 16.8. The molecule has 1 atom stereocenters. The van der Waals surface area contributed by atoms with Crippen LogP contribution in [0, 0.1) is 6.92 Å². The zero-order valence-electron chi connectivity index (χ0n) is 13.8. The summed E-state index contributed by atoms with van der Waals surface area (Å²) in [5.74, 6) is 0.356. The smallest absolute Gasteiger partial charge is 0.262 e. The standard InChI is InChI=1S/C18H21N3O2/c1-5-13-7-6-8-14-15(13)16(22)21(12(3)20-14)18(4)10-9-11(2)19-17(18)23/h6-8H,2,5,9-10H2,1,3-4H3,(H,19,23)/t18-/m0/s1. The number of allylic oxidation sites excluding steroid dienone is 1. The van der Waals surface area contributed by atoms with Gasteiger partial charge in [0.25, 0.3) is 5.56 Å². The van der Waals surface area contributed by atoms with E-state index in [2.05, 4.69) is 16.9 Å². The molecule has 0 unspecified atom stereocenters. The Morgan fingerprint density at radius 3 is 2.78 bits per heavy atom. The molecule has 0 aliphatic carbocycles. The number of rotatable bonds is 2. The van der Waals surface area contributed by atoms with Crippen molar-refractivity contribution in [1.29, 1.82) is 0 Å². The third-order valence-corrected chi connectivity index (χ3v) is 4.72. The third kappa shape index (κ3) is 2.27. The van der Waals surface area contributed by atoms with Gasteiger partial charge >= 0.3 is 0 Å². The molecule has 23 heavy (non-hydrogen) atoms. The Kier molecular flexibility index (Phi) is 3.59. The van der Waals surface area contributed by atoms with Gasteiger partial charge < -0.3 is 5.32 Å². The number of carbonyl (C=O) groups excluding carboxylic acids is 1. The van der Waals surface area contributed by atoms with Gasteiger partial charge in [-0.2, -0.15) is 0 Å². The Labute approximate surface area is 135 Å². The second kappa shape index (κ2) is 5.33. The first-order valence-electron chi connectivity index (χ1n) is 7.89. The lowest BCUT2D eigenvalue weighted by Crippen LogP contribution is -2.54. The Morgan fingerprint density at radius 1 is 1.39 bits per heavy atom. The SMILES string of the molecule is C=C1CC[C@](C)(n2c(C)nc3cccc(CC)c3c2=O)C(=O)N1. The summed E-state index contributed by atoms with van der Waals surface area (Å²) >= 11 is 0. The van der Waals surface area contributed by atoms with Crippen molar-refractivity contribution in [2.75, 3.05) is 0 Å². The van der Waals surface area contributed by atoms with Crippen molar-refractivity contribution in [3.63, 3.8) is 0 Å². The molecule has 1 N–H and O–H groups in total. The van der Waals surface area contributed by atoms with E-state index in [0.717, 1.165) is 12.0 Å². The minimum Gasteiger partial charge on any atom is -0.328 e. The quantitative estimate of drug-likeness (QED) is 0.926. The Bertz CT molecular complexity index is 882. The lowest BCUT2D eigenvalue weighted by atomic mass is 9.89. The summed E-state index contributed by atoms with van der Waals surface area (Å²) in [6.07, 6.45) is 1.94. The Balaban J connectivity index is 2.32. The first-order chi connectivity index (χ1) is 10.9. The molecular formula is C18H21N3O2. The molecule has 0 saturated carbocycles. The highest BCUT2D eigenvalue weighted by Crippen LogP contribution is 2.29. The molecule has 0 spiro atoms. The summed E-state index contributed by atoms with van der Waals surface area (Å²) < 4.78 is 1.55. The summed E-state index contributed by atoms with van der Waals surface area (Å²) in [5, 5.41) is 3.39. The normalized spacial score (nSPS) is 21.5. The van der Waals surface area contributed by atoms with E-state index in [-0.39, 0.29) is 11.5 Å². The van der Waals surface area contributed by atoms with Gasteiger partial charge in [0, 0.05) is 5.70 Å². The van der Waals surface area contributed by atoms with Crippen molar-refractivity contribution in [3.8, 4) is 0 Å². The van der Waals surface area contributed by atoms with E-state index in [4.69, 9.17) is 0 Å². The second-order valence-corrected chi connectivity index (χ2v) is 6.30. The number of aromatic nitrogens is 2. The fourth-order valence-electron chi connectivity index (χ4n) is 3.36. The van der Waals surface area contributed by atoms with Gasteiger partial charge in [0.15, 0.2) is 0 Å². The highest BCUT2D eigenvalue weighted by Gasteiger charge is 2.40. The summed E-state index contributed by atoms with van der Waals surface area (Å²) in [4.78, 5) is 30.3. The molecule has 1 aromatic heterocycles. The summed E-state index contributed by atoms with van der Waals surface area (Å²) in [6, 6.07) is 5.70. The van der Waals surface area contributed by atoms with E-state index in [1.807, 2.05) is 25.1 Å². The van der Waals surface area contributed by atoms with E-state index in [1.165, 1.54) is 0 Å². The molecule has 2 heterocycles. The summed E-state index contributed by atoms with van der Waals surface area (Å²) in [7, 11) is 0. The van der Waals surface area contributed by atoms with Crippen LogP contribution in [0.5, 0.6) is 0 Å². The van der Waals surface area contributed by atoms with E-state index in [1.54, 1.807) is 18.4 Å². The lowest BCUT2D eigenvalue weighted by molar-refractivity contribution is -0.130. The number of fused-ring (bicyclic) bond motifs is 1. The van der Waals surface area contributed by atoms with Crippen LogP contribution < -0.4 is 10.9 Å². The lowest BCUT2D eigenvalue weighted by Gasteiger charge is -2.36. The van der Waals surface area contributed by atoms with Crippen LogP contribution in [0.3, 0.4) is 0 Å². The number of nitrogens with zero attached hydrogens (tertiary/aromatic N) is 2. The van der Waals surface area contributed by atoms with Crippen molar-refractivity contribution in [3.05, 3.63) is 52.2 Å². The Hall–Kier alpha value is -2.43. The summed E-state index contributed by atoms with van der Waals surface area (Å²) in [6.45, 7) is 9.40. The van der Waals surface area contributed by atoms with Crippen LogP contribution in [-0.2, 0) is 16.8 Å². The van der Waals surface area contributed by atoms with Gasteiger partial charge in [-0.05, 0) is 44.7 Å². The number of piperidine rings is 1. The highest BCUT2D eigenvalue weighted by molar-refractivity contribution is 5.88. The third-order valence-electron chi connectivity index (χ3n) is 4.72. The molecule has 1 amide bonds. The molecule has 1 saturated heterocycles. The van der Waals surface area contributed by atoms with Gasteiger partial charge in [-0.3, -0.25) is 14.2 Å². The zero-order valence-corrected chi connectivity index (χ0v) is 13.8. The van der Waals surface area contributed by atoms with Crippen LogP contribution in [-0.4, -0.2) is 15.5 Å². The van der Waals surface area contributed by atoms with E-state index in [9.17, 15) is 9.59 Å². The van der Waals surface area contributed by atoms with Crippen molar-refractivity contribution in [2.45, 2.75) is 45.6 Å². The maximum Gasteiger partial charge on any atom is 0.262 e. The number of nitrogens with one attached hydrogen (secondary N) is 1. The molecule has 0 radical (unpaired) electrons. The molecule has 1 aliphatic heterocycles. The molecule has 5 heteroatoms. The minimum atomic E-state index is -0.940. The van der Waals surface area contributed by atoms with Crippen LogP contribution in [0.15, 0.2) is 35.3 Å². The molecule has 1 aliphatic rings. The number of amides is 1. The van der Waals surface area contributed by atoms with Crippen LogP contribution >= 0.6 is 0 Å². The highest BCUT2D eigenvalue weighted by atomic mass is 16.2. The van der Waals surface area contributed by atoms with Crippen LogP contribution in [0.4, 0.5) is 0 Å². The molecule has 120 valence electrons. The average molecular weight is 311 g/mol. The van der Waals surface area contributed by atoms with E-state index >= 15 is 0 Å². The predicted molar refractivity (Wildman–Crippen MR) is 90.3 cm³/mol. The Morgan fingerprint density at radius 2 is 2.13 bits per heavy atom. The van der Waals surface area contributed by atoms with Crippen molar-refractivity contribution < 1.29 is 4.79 Å². The van der Waals surface area contributed by atoms with Crippen molar-refractivity contribution in [2.24, 2.45) is 0 Å². The number of hydrogen-bond acceptors (Lipinski definition) is 3. The monoisotopic (exact) mass is 311 g/mol. The van der Waals surface area contributed by atoms with E-state index < -0.39 is 5.54 Å². The topological polar surface area (TPSA) is 64.0 Å². The molecule has 1 fully saturated rings. The largest absolute Gasteiger partial charge is 0.328 e. The van der Waals surface area contributed by atoms with Gasteiger partial charge in [-0.1, -0.05) is 25.6 Å². The van der Waals surface area contributed by atoms with Gasteiger partial charge in [0.2, 0.25) is 5.91 Å². The first-order valence-corrected chi connectivity index (χ1v) is 7.89. The van der Waals surface area contributed by atoms with Crippen LogP contribution in [0.25, 0.3) is 10.9 Å². The molecule has 1 aromatic carbocycles. The van der Waals surface area contributed by atoms with Crippen LogP contribution in [0.2, 0.25) is 0 Å². The van der Waals surface area contributed by atoms with Crippen molar-refractivity contribution >= 4 is 16.8 Å². The number of benzene rings is 1. The fourth-order valence-corrected chi connectivity index (χ4v) is 3.36. The number of carbonyl (C=O) groups is 1. The fraction of sp³-hybridized carbons (Fsp3) is 0.389. The number of aryl methyl sites for hydroxylation is 2. The van der Waals surface area contributed by atoms with Crippen molar-refractivity contribution in [1.82, 2.24) is 14.9 Å². The molecule has 2 aromatic rings. The maximum absolute atomic E-state index is 13.2. The van der Waals surface area contributed by atoms with Gasteiger partial charge in [-0.25, -0.2) is 4.98 Å². The molecule has 3 rings (SSSR count). The molecular weight excluding hydrogens is 290 g/mol. The van der Waals surface area contributed by atoms with E-state index in [0.29, 0.717) is 35.3 Å². The second-order valence-electron chi connectivity index (χ2n) is 6.30. The minimum absolute atomic E-state index is 0.143. The van der Waals surface area contributed by atoms with Crippen LogP contribution in [0.1, 0.15) is 38.1 Å². The predicted octanol–water partition coefficient (Wildman–Crippen LogP) is 2.41. The first kappa shape index (κ1) is 15.5. The summed E-state index contributed by atoms with van der Waals surface area (Å²) in [5.41, 5.74) is 1.26.